The zero-order chi connectivity index (χ0) is 18.7. The van der Waals surface area contributed by atoms with Crippen LogP contribution < -0.4 is 15.0 Å². The molecule has 2 aromatic carbocycles. The number of hydrogen-bond donors (Lipinski definition) is 1. The Labute approximate surface area is 153 Å². The summed E-state index contributed by atoms with van der Waals surface area (Å²) in [5.41, 5.74) is 0.706. The number of aliphatic carboxylic acids is 1. The standard InChI is InChI=1S/C18H16N2O5S/c1-24-14-8-12-13(9-15(14)25-2)19-18(26-10-16(21)22)20(17(12)23)11-6-4-3-5-7-11/h3-9H,10H2,1-2H3,(H,21,22). The molecule has 0 bridgehead atoms. The second-order valence-electron chi connectivity index (χ2n) is 5.28. The van der Waals surface area contributed by atoms with E-state index in [1.165, 1.54) is 18.8 Å². The first-order valence-corrected chi connectivity index (χ1v) is 8.62. The van der Waals surface area contributed by atoms with Gasteiger partial charge in [0.1, 0.15) is 0 Å². The van der Waals surface area contributed by atoms with Gasteiger partial charge in [-0.1, -0.05) is 30.0 Å². The summed E-state index contributed by atoms with van der Waals surface area (Å²) in [5, 5.41) is 9.64. The largest absolute Gasteiger partial charge is 0.493 e. The lowest BCUT2D eigenvalue weighted by Crippen LogP contribution is -2.22. The number of carboxylic acid groups (broad SMARTS) is 1. The van der Waals surface area contributed by atoms with Gasteiger partial charge in [-0.05, 0) is 18.2 Å². The van der Waals surface area contributed by atoms with E-state index in [4.69, 9.17) is 14.6 Å². The van der Waals surface area contributed by atoms with Gasteiger partial charge < -0.3 is 14.6 Å². The minimum absolute atomic E-state index is 0.210. The second-order valence-corrected chi connectivity index (χ2v) is 6.22. The summed E-state index contributed by atoms with van der Waals surface area (Å²) in [6, 6.07) is 12.1. The van der Waals surface area contributed by atoms with Gasteiger partial charge in [0.05, 0.1) is 36.6 Å². The number of aromatic nitrogens is 2. The molecular formula is C18H16N2O5S. The Morgan fingerprint density at radius 1 is 1.15 bits per heavy atom. The molecule has 0 aliphatic rings. The van der Waals surface area contributed by atoms with Crippen molar-refractivity contribution < 1.29 is 19.4 Å². The molecule has 0 spiro atoms. The lowest BCUT2D eigenvalue weighted by molar-refractivity contribution is -0.133. The highest BCUT2D eigenvalue weighted by molar-refractivity contribution is 7.99. The second kappa shape index (κ2) is 7.49. The maximum atomic E-state index is 13.1. The molecule has 3 aromatic rings. The predicted molar refractivity (Wildman–Crippen MR) is 98.8 cm³/mol. The van der Waals surface area contributed by atoms with Crippen molar-refractivity contribution in [1.82, 2.24) is 9.55 Å². The van der Waals surface area contributed by atoms with Gasteiger partial charge >= 0.3 is 5.97 Å². The van der Waals surface area contributed by atoms with Crippen molar-refractivity contribution in [2.24, 2.45) is 0 Å². The molecule has 134 valence electrons. The van der Waals surface area contributed by atoms with E-state index in [1.807, 2.05) is 6.07 Å². The average Bonchev–Trinajstić information content (AvgIpc) is 2.66. The fraction of sp³-hybridized carbons (Fsp3) is 0.167. The molecule has 0 aliphatic heterocycles. The van der Waals surface area contributed by atoms with E-state index in [0.29, 0.717) is 33.2 Å². The maximum Gasteiger partial charge on any atom is 0.313 e. The number of para-hydroxylation sites is 1. The highest BCUT2D eigenvalue weighted by Crippen LogP contribution is 2.31. The molecule has 0 aliphatic carbocycles. The molecule has 1 aromatic heterocycles. The third-order valence-corrected chi connectivity index (χ3v) is 4.61. The van der Waals surface area contributed by atoms with Gasteiger partial charge in [-0.3, -0.25) is 14.2 Å². The SMILES string of the molecule is COc1cc2nc(SCC(=O)O)n(-c3ccccc3)c(=O)c2cc1OC. The Kier molecular flexibility index (Phi) is 5.13. The molecule has 1 N–H and O–H groups in total. The molecule has 0 amide bonds. The van der Waals surface area contributed by atoms with Crippen molar-refractivity contribution >= 4 is 28.6 Å². The van der Waals surface area contributed by atoms with Crippen molar-refractivity contribution in [2.45, 2.75) is 5.16 Å². The van der Waals surface area contributed by atoms with Crippen LogP contribution in [0.3, 0.4) is 0 Å². The van der Waals surface area contributed by atoms with Gasteiger partial charge in [0.25, 0.3) is 5.56 Å². The maximum absolute atomic E-state index is 13.1. The zero-order valence-corrected chi connectivity index (χ0v) is 14.9. The first-order valence-electron chi connectivity index (χ1n) is 7.64. The van der Waals surface area contributed by atoms with Gasteiger partial charge in [0.2, 0.25) is 0 Å². The smallest absolute Gasteiger partial charge is 0.313 e. The summed E-state index contributed by atoms with van der Waals surface area (Å²) in [5.74, 6) is -0.336. The molecule has 0 fully saturated rings. The minimum atomic E-state index is -0.990. The lowest BCUT2D eigenvalue weighted by Gasteiger charge is -2.14. The van der Waals surface area contributed by atoms with Gasteiger partial charge in [0.15, 0.2) is 16.7 Å². The van der Waals surface area contributed by atoms with Crippen LogP contribution in [0.25, 0.3) is 16.6 Å². The Morgan fingerprint density at radius 3 is 2.42 bits per heavy atom. The molecule has 7 nitrogen and oxygen atoms in total. The number of thioether (sulfide) groups is 1. The number of benzene rings is 2. The number of rotatable bonds is 6. The van der Waals surface area contributed by atoms with Crippen LogP contribution in [-0.2, 0) is 4.79 Å². The van der Waals surface area contributed by atoms with E-state index in [0.717, 1.165) is 11.8 Å². The lowest BCUT2D eigenvalue weighted by atomic mass is 10.2. The van der Waals surface area contributed by atoms with E-state index in [1.54, 1.807) is 36.4 Å². The van der Waals surface area contributed by atoms with Gasteiger partial charge in [-0.25, -0.2) is 4.98 Å². The summed E-state index contributed by atoms with van der Waals surface area (Å²) in [6.07, 6.45) is 0. The van der Waals surface area contributed by atoms with E-state index in [9.17, 15) is 9.59 Å². The topological polar surface area (TPSA) is 90.6 Å². The van der Waals surface area contributed by atoms with Crippen molar-refractivity contribution in [3.8, 4) is 17.2 Å². The predicted octanol–water partition coefficient (Wildman–Crippen LogP) is 2.58. The average molecular weight is 372 g/mol. The van der Waals surface area contributed by atoms with E-state index in [2.05, 4.69) is 4.98 Å². The summed E-state index contributed by atoms with van der Waals surface area (Å²) in [6.45, 7) is 0. The van der Waals surface area contributed by atoms with Crippen LogP contribution >= 0.6 is 11.8 Å². The third kappa shape index (κ3) is 3.36. The quantitative estimate of drug-likeness (QED) is 0.525. The van der Waals surface area contributed by atoms with Crippen LogP contribution in [0.15, 0.2) is 52.4 Å². The van der Waals surface area contributed by atoms with Gasteiger partial charge in [0, 0.05) is 6.07 Å². The Balaban J connectivity index is 2.31. The minimum Gasteiger partial charge on any atom is -0.493 e. The number of nitrogens with zero attached hydrogens (tertiary/aromatic N) is 2. The van der Waals surface area contributed by atoms with E-state index in [-0.39, 0.29) is 11.3 Å². The first kappa shape index (κ1) is 17.8. The van der Waals surface area contributed by atoms with Crippen LogP contribution in [0.2, 0.25) is 0 Å². The van der Waals surface area contributed by atoms with Gasteiger partial charge in [-0.2, -0.15) is 0 Å². The summed E-state index contributed by atoms with van der Waals surface area (Å²) >= 11 is 0.983. The number of hydrogen-bond acceptors (Lipinski definition) is 6. The van der Waals surface area contributed by atoms with E-state index >= 15 is 0 Å². The number of fused-ring (bicyclic) bond motifs is 1. The Hall–Kier alpha value is -3.00. The first-order chi connectivity index (χ1) is 12.5. The number of carbonyl (C=O) groups is 1. The molecule has 0 radical (unpaired) electrons. The van der Waals surface area contributed by atoms with Crippen LogP contribution in [0.1, 0.15) is 0 Å². The van der Waals surface area contributed by atoms with Crippen molar-refractivity contribution in [3.63, 3.8) is 0 Å². The van der Waals surface area contributed by atoms with Crippen molar-refractivity contribution in [2.75, 3.05) is 20.0 Å². The molecule has 3 rings (SSSR count). The number of ether oxygens (including phenoxy) is 2. The fourth-order valence-electron chi connectivity index (χ4n) is 2.52. The number of methoxy groups -OCH3 is 2. The molecule has 26 heavy (non-hydrogen) atoms. The molecule has 1 heterocycles. The summed E-state index contributed by atoms with van der Waals surface area (Å²) in [4.78, 5) is 28.6. The summed E-state index contributed by atoms with van der Waals surface area (Å²) in [7, 11) is 2.99. The molecule has 0 atom stereocenters. The van der Waals surface area contributed by atoms with Crippen molar-refractivity contribution in [1.29, 1.82) is 0 Å². The van der Waals surface area contributed by atoms with Crippen LogP contribution in [0, 0.1) is 0 Å². The zero-order valence-electron chi connectivity index (χ0n) is 14.1. The Bertz CT molecular complexity index is 1020. The van der Waals surface area contributed by atoms with Crippen molar-refractivity contribution in [3.05, 3.63) is 52.8 Å². The normalized spacial score (nSPS) is 10.7. The highest BCUT2D eigenvalue weighted by atomic mass is 32.2. The molecule has 8 heteroatoms. The summed E-state index contributed by atoms with van der Waals surface area (Å²) < 4.78 is 11.9. The van der Waals surface area contributed by atoms with Gasteiger partial charge in [-0.15, -0.1) is 0 Å². The highest BCUT2D eigenvalue weighted by Gasteiger charge is 2.17. The van der Waals surface area contributed by atoms with E-state index < -0.39 is 5.97 Å². The number of carboxylic acids is 1. The third-order valence-electron chi connectivity index (χ3n) is 3.68. The molecule has 0 unspecified atom stereocenters. The monoisotopic (exact) mass is 372 g/mol. The fourth-order valence-corrected chi connectivity index (χ4v) is 3.25. The Morgan fingerprint density at radius 2 is 1.81 bits per heavy atom. The molecular weight excluding hydrogens is 356 g/mol. The van der Waals surface area contributed by atoms with Crippen LogP contribution in [0.5, 0.6) is 11.5 Å². The molecule has 0 saturated carbocycles. The van der Waals surface area contributed by atoms with Crippen LogP contribution in [0.4, 0.5) is 0 Å². The van der Waals surface area contributed by atoms with Crippen LogP contribution in [-0.4, -0.2) is 40.6 Å². The molecule has 0 saturated heterocycles.